The van der Waals surface area contributed by atoms with Gasteiger partial charge >= 0.3 is 0 Å². The Morgan fingerprint density at radius 2 is 1.96 bits per heavy atom. The second kappa shape index (κ2) is 6.55. The van der Waals surface area contributed by atoms with Crippen LogP contribution in [0.3, 0.4) is 0 Å². The van der Waals surface area contributed by atoms with Crippen molar-refractivity contribution in [2.75, 3.05) is 6.54 Å². The number of H-pyrrole nitrogens is 1. The number of rotatable bonds is 3. The number of hydrogen-bond donors (Lipinski definition) is 1. The number of aromatic amines is 1. The highest BCUT2D eigenvalue weighted by Gasteiger charge is 2.21. The zero-order chi connectivity index (χ0) is 18.2. The summed E-state index contributed by atoms with van der Waals surface area (Å²) in [6, 6.07) is 8.51. The van der Waals surface area contributed by atoms with Crippen LogP contribution in [0.4, 0.5) is 0 Å². The molecule has 0 atom stereocenters. The summed E-state index contributed by atoms with van der Waals surface area (Å²) in [6.45, 7) is 4.92. The van der Waals surface area contributed by atoms with Crippen molar-refractivity contribution in [3.05, 3.63) is 71.7 Å². The van der Waals surface area contributed by atoms with Gasteiger partial charge in [-0.3, -0.25) is 4.90 Å². The van der Waals surface area contributed by atoms with Crippen molar-refractivity contribution in [3.8, 4) is 11.4 Å². The molecule has 0 fully saturated rings. The number of fused-ring (bicyclic) bond motifs is 2. The molecule has 6 nitrogen and oxygen atoms in total. The molecule has 1 aromatic carbocycles. The van der Waals surface area contributed by atoms with E-state index >= 15 is 0 Å². The third-order valence-electron chi connectivity index (χ3n) is 5.25. The smallest absolute Gasteiger partial charge is 0.162 e. The summed E-state index contributed by atoms with van der Waals surface area (Å²) < 4.78 is 0. The molecule has 0 bridgehead atoms. The quantitative estimate of drug-likeness (QED) is 0.610. The zero-order valence-corrected chi connectivity index (χ0v) is 15.2. The minimum atomic E-state index is 0.694. The van der Waals surface area contributed by atoms with Gasteiger partial charge in [-0.05, 0) is 30.5 Å². The van der Waals surface area contributed by atoms with Crippen LogP contribution in [0, 0.1) is 6.92 Å². The van der Waals surface area contributed by atoms with E-state index in [1.54, 1.807) is 12.4 Å². The monoisotopic (exact) mass is 356 g/mol. The zero-order valence-electron chi connectivity index (χ0n) is 15.2. The second-order valence-corrected chi connectivity index (χ2v) is 7.03. The summed E-state index contributed by atoms with van der Waals surface area (Å²) in [5, 5.41) is 1.31. The number of nitrogens with zero attached hydrogens (tertiary/aromatic N) is 5. The van der Waals surface area contributed by atoms with E-state index in [0.29, 0.717) is 5.82 Å². The number of benzene rings is 1. The third-order valence-corrected chi connectivity index (χ3v) is 5.25. The molecule has 0 spiro atoms. The first kappa shape index (κ1) is 16.1. The fraction of sp³-hybridized carbons (Fsp3) is 0.238. The SMILES string of the molecule is Cc1[nH]c2ccccc2c1CN1CCc2cnc(-c3cncnc3)nc2C1. The lowest BCUT2D eigenvalue weighted by Crippen LogP contribution is -2.31. The predicted octanol–water partition coefficient (Wildman–Crippen LogP) is 3.28. The van der Waals surface area contributed by atoms with Crippen molar-refractivity contribution >= 4 is 10.9 Å². The van der Waals surface area contributed by atoms with Crippen molar-refractivity contribution in [1.29, 1.82) is 0 Å². The third kappa shape index (κ3) is 2.98. The maximum atomic E-state index is 4.81. The van der Waals surface area contributed by atoms with Gasteiger partial charge in [0.2, 0.25) is 0 Å². The van der Waals surface area contributed by atoms with Gasteiger partial charge < -0.3 is 4.98 Å². The highest BCUT2D eigenvalue weighted by atomic mass is 15.1. The molecule has 4 heterocycles. The van der Waals surface area contributed by atoms with Crippen LogP contribution < -0.4 is 0 Å². The molecule has 0 aliphatic carbocycles. The Labute approximate surface area is 157 Å². The van der Waals surface area contributed by atoms with Crippen LogP contribution in [0.15, 0.2) is 49.2 Å². The minimum absolute atomic E-state index is 0.694. The van der Waals surface area contributed by atoms with E-state index < -0.39 is 0 Å². The first-order valence-electron chi connectivity index (χ1n) is 9.16. The van der Waals surface area contributed by atoms with Crippen LogP contribution in [0.2, 0.25) is 0 Å². The van der Waals surface area contributed by atoms with Crippen molar-refractivity contribution in [2.24, 2.45) is 0 Å². The van der Waals surface area contributed by atoms with Gasteiger partial charge in [-0.1, -0.05) is 18.2 Å². The predicted molar refractivity (Wildman–Crippen MR) is 104 cm³/mol. The lowest BCUT2D eigenvalue weighted by atomic mass is 10.0. The Kier molecular flexibility index (Phi) is 3.90. The Bertz CT molecular complexity index is 1100. The molecule has 6 heteroatoms. The van der Waals surface area contributed by atoms with Crippen molar-refractivity contribution in [2.45, 2.75) is 26.4 Å². The summed E-state index contributed by atoms with van der Waals surface area (Å²) in [7, 11) is 0. The van der Waals surface area contributed by atoms with E-state index in [1.165, 1.54) is 34.1 Å². The molecule has 3 aromatic heterocycles. The van der Waals surface area contributed by atoms with E-state index in [0.717, 1.165) is 37.3 Å². The number of aromatic nitrogens is 5. The molecular weight excluding hydrogens is 336 g/mol. The summed E-state index contributed by atoms with van der Waals surface area (Å²) in [5.74, 6) is 0.694. The van der Waals surface area contributed by atoms with Crippen LogP contribution in [0.5, 0.6) is 0 Å². The standard InChI is InChI=1S/C21H20N6/c1-14-18(17-4-2-3-5-19(17)25-14)11-27-7-6-15-10-24-21(26-20(15)12-27)16-8-22-13-23-9-16/h2-5,8-10,13,25H,6-7,11-12H2,1H3. The van der Waals surface area contributed by atoms with Crippen LogP contribution in [-0.2, 0) is 19.5 Å². The molecule has 1 N–H and O–H groups in total. The molecule has 4 aromatic rings. The van der Waals surface area contributed by atoms with Crippen molar-refractivity contribution in [3.63, 3.8) is 0 Å². The molecule has 27 heavy (non-hydrogen) atoms. The van der Waals surface area contributed by atoms with Crippen LogP contribution in [-0.4, -0.2) is 36.4 Å². The van der Waals surface area contributed by atoms with Crippen molar-refractivity contribution in [1.82, 2.24) is 29.8 Å². The number of aryl methyl sites for hydroxylation is 1. The number of nitrogens with one attached hydrogen (secondary N) is 1. The number of hydrogen-bond acceptors (Lipinski definition) is 5. The number of para-hydroxylation sites is 1. The molecule has 0 unspecified atom stereocenters. The van der Waals surface area contributed by atoms with E-state index in [9.17, 15) is 0 Å². The van der Waals surface area contributed by atoms with Crippen LogP contribution in [0.25, 0.3) is 22.3 Å². The fourth-order valence-corrected chi connectivity index (χ4v) is 3.81. The lowest BCUT2D eigenvalue weighted by molar-refractivity contribution is 0.241. The summed E-state index contributed by atoms with van der Waals surface area (Å²) in [6.07, 6.45) is 7.96. The molecule has 0 radical (unpaired) electrons. The molecule has 134 valence electrons. The topological polar surface area (TPSA) is 70.6 Å². The maximum absolute atomic E-state index is 4.81. The first-order valence-corrected chi connectivity index (χ1v) is 9.16. The van der Waals surface area contributed by atoms with Gasteiger partial charge in [-0.15, -0.1) is 0 Å². The average molecular weight is 356 g/mol. The van der Waals surface area contributed by atoms with Gasteiger partial charge in [0.1, 0.15) is 6.33 Å². The Hall–Kier alpha value is -3.12. The molecule has 1 aliphatic rings. The fourth-order valence-electron chi connectivity index (χ4n) is 3.81. The molecule has 0 saturated carbocycles. The van der Waals surface area contributed by atoms with Gasteiger partial charge in [-0.2, -0.15) is 0 Å². The van der Waals surface area contributed by atoms with E-state index in [2.05, 4.69) is 56.0 Å². The highest BCUT2D eigenvalue weighted by molar-refractivity contribution is 5.84. The van der Waals surface area contributed by atoms with Crippen LogP contribution in [0.1, 0.15) is 22.5 Å². The van der Waals surface area contributed by atoms with Crippen molar-refractivity contribution < 1.29 is 0 Å². The largest absolute Gasteiger partial charge is 0.358 e. The molecule has 0 amide bonds. The van der Waals surface area contributed by atoms with Gasteiger partial charge in [0, 0.05) is 54.8 Å². The normalized spacial score (nSPS) is 14.4. The summed E-state index contributed by atoms with van der Waals surface area (Å²) in [5.41, 5.74) is 7.02. The Balaban J connectivity index is 1.43. The van der Waals surface area contributed by atoms with Gasteiger partial charge in [0.05, 0.1) is 11.3 Å². The molecule has 0 saturated heterocycles. The molecular formula is C21H20N6. The van der Waals surface area contributed by atoms with E-state index in [1.807, 2.05) is 6.20 Å². The van der Waals surface area contributed by atoms with Gasteiger partial charge in [0.25, 0.3) is 0 Å². The Morgan fingerprint density at radius 1 is 1.11 bits per heavy atom. The van der Waals surface area contributed by atoms with E-state index in [-0.39, 0.29) is 0 Å². The second-order valence-electron chi connectivity index (χ2n) is 7.03. The highest BCUT2D eigenvalue weighted by Crippen LogP contribution is 2.26. The average Bonchev–Trinajstić information content (AvgIpc) is 3.03. The molecule has 1 aliphatic heterocycles. The van der Waals surface area contributed by atoms with E-state index in [4.69, 9.17) is 4.98 Å². The minimum Gasteiger partial charge on any atom is -0.358 e. The summed E-state index contributed by atoms with van der Waals surface area (Å²) in [4.78, 5) is 23.4. The lowest BCUT2D eigenvalue weighted by Gasteiger charge is -2.28. The first-order chi connectivity index (χ1) is 13.3. The van der Waals surface area contributed by atoms with Gasteiger partial charge in [0.15, 0.2) is 5.82 Å². The maximum Gasteiger partial charge on any atom is 0.162 e. The molecule has 5 rings (SSSR count). The Morgan fingerprint density at radius 3 is 2.85 bits per heavy atom. The van der Waals surface area contributed by atoms with Gasteiger partial charge in [-0.25, -0.2) is 19.9 Å². The van der Waals surface area contributed by atoms with Crippen LogP contribution >= 0.6 is 0 Å². The summed E-state index contributed by atoms with van der Waals surface area (Å²) >= 11 is 0.